The smallest absolute Gasteiger partial charge is 0.0674 e. The fraction of sp³-hybridized carbons (Fsp3) is 1.00. The maximum atomic E-state index is 5.82. The van der Waals surface area contributed by atoms with Crippen LogP contribution in [-0.4, -0.2) is 43.8 Å². The van der Waals surface area contributed by atoms with Crippen LogP contribution >= 0.6 is 0 Å². The van der Waals surface area contributed by atoms with Gasteiger partial charge in [-0.25, -0.2) is 0 Å². The maximum Gasteiger partial charge on any atom is 0.0674 e. The van der Waals surface area contributed by atoms with E-state index in [0.29, 0.717) is 12.0 Å². The molecule has 0 aliphatic carbocycles. The molecule has 0 aromatic rings. The first-order valence-electron chi connectivity index (χ1n) is 6.65. The lowest BCUT2D eigenvalue weighted by molar-refractivity contribution is -0.0198. The fourth-order valence-corrected chi connectivity index (χ4v) is 2.46. The third-order valence-electron chi connectivity index (χ3n) is 3.32. The van der Waals surface area contributed by atoms with Crippen LogP contribution in [0.2, 0.25) is 0 Å². The van der Waals surface area contributed by atoms with Crippen molar-refractivity contribution in [2.45, 2.75) is 39.7 Å². The molecule has 3 heteroatoms. The van der Waals surface area contributed by atoms with Gasteiger partial charge in [-0.2, -0.15) is 0 Å². The highest BCUT2D eigenvalue weighted by Gasteiger charge is 2.17. The van der Waals surface area contributed by atoms with E-state index in [1.54, 1.807) is 0 Å². The summed E-state index contributed by atoms with van der Waals surface area (Å²) >= 11 is 0. The largest absolute Gasteiger partial charge is 0.376 e. The SMILES string of the molecule is CC(C)CC(CN)CCN1CCOC(C)C1. The Hall–Kier alpha value is -0.120. The summed E-state index contributed by atoms with van der Waals surface area (Å²) in [5, 5.41) is 0. The first-order valence-corrected chi connectivity index (χ1v) is 6.65. The Kier molecular flexibility index (Phi) is 6.32. The molecule has 16 heavy (non-hydrogen) atoms. The summed E-state index contributed by atoms with van der Waals surface area (Å²) < 4.78 is 5.54. The van der Waals surface area contributed by atoms with E-state index >= 15 is 0 Å². The van der Waals surface area contributed by atoms with Gasteiger partial charge >= 0.3 is 0 Å². The Labute approximate surface area is 100 Å². The molecule has 1 aliphatic heterocycles. The minimum atomic E-state index is 0.398. The molecule has 0 spiro atoms. The molecule has 1 heterocycles. The summed E-state index contributed by atoms with van der Waals surface area (Å²) in [6.07, 6.45) is 2.90. The van der Waals surface area contributed by atoms with Crippen molar-refractivity contribution in [3.8, 4) is 0 Å². The topological polar surface area (TPSA) is 38.5 Å². The first kappa shape index (κ1) is 13.9. The van der Waals surface area contributed by atoms with Crippen LogP contribution in [0.4, 0.5) is 0 Å². The summed E-state index contributed by atoms with van der Waals surface area (Å²) in [4.78, 5) is 2.51. The van der Waals surface area contributed by atoms with Gasteiger partial charge in [0.05, 0.1) is 12.7 Å². The van der Waals surface area contributed by atoms with Crippen LogP contribution in [0.15, 0.2) is 0 Å². The number of morpholine rings is 1. The molecule has 96 valence electrons. The summed E-state index contributed by atoms with van der Waals surface area (Å²) in [7, 11) is 0. The molecule has 0 radical (unpaired) electrons. The van der Waals surface area contributed by atoms with E-state index in [2.05, 4.69) is 25.7 Å². The van der Waals surface area contributed by atoms with Gasteiger partial charge < -0.3 is 10.5 Å². The predicted octanol–water partition coefficient (Wildman–Crippen LogP) is 1.72. The van der Waals surface area contributed by atoms with Crippen LogP contribution in [0.3, 0.4) is 0 Å². The Morgan fingerprint density at radius 3 is 2.75 bits per heavy atom. The Balaban J connectivity index is 2.20. The average molecular weight is 228 g/mol. The number of ether oxygens (including phenoxy) is 1. The van der Waals surface area contributed by atoms with E-state index in [-0.39, 0.29) is 0 Å². The number of rotatable bonds is 6. The highest BCUT2D eigenvalue weighted by molar-refractivity contribution is 4.71. The Morgan fingerprint density at radius 2 is 2.19 bits per heavy atom. The van der Waals surface area contributed by atoms with Gasteiger partial charge in [0.1, 0.15) is 0 Å². The molecule has 0 aromatic carbocycles. The normalized spacial score (nSPS) is 24.9. The summed E-state index contributed by atoms with van der Waals surface area (Å²) in [5.41, 5.74) is 5.82. The zero-order chi connectivity index (χ0) is 12.0. The van der Waals surface area contributed by atoms with Crippen molar-refractivity contribution in [2.75, 3.05) is 32.8 Å². The quantitative estimate of drug-likeness (QED) is 0.752. The standard InChI is InChI=1S/C13H28N2O/c1-11(2)8-13(9-14)4-5-15-6-7-16-12(3)10-15/h11-13H,4-10,14H2,1-3H3. The molecule has 3 nitrogen and oxygen atoms in total. The van der Waals surface area contributed by atoms with Crippen molar-refractivity contribution in [3.05, 3.63) is 0 Å². The predicted molar refractivity (Wildman–Crippen MR) is 68.5 cm³/mol. The van der Waals surface area contributed by atoms with Gasteiger partial charge in [0.15, 0.2) is 0 Å². The number of hydrogen-bond donors (Lipinski definition) is 1. The second-order valence-electron chi connectivity index (χ2n) is 5.50. The number of hydrogen-bond acceptors (Lipinski definition) is 3. The zero-order valence-corrected chi connectivity index (χ0v) is 11.1. The maximum absolute atomic E-state index is 5.82. The molecule has 1 fully saturated rings. The molecule has 1 saturated heterocycles. The highest BCUT2D eigenvalue weighted by Crippen LogP contribution is 2.15. The minimum Gasteiger partial charge on any atom is -0.376 e. The van der Waals surface area contributed by atoms with Crippen LogP contribution < -0.4 is 5.73 Å². The second-order valence-corrected chi connectivity index (χ2v) is 5.50. The van der Waals surface area contributed by atoms with E-state index in [0.717, 1.165) is 32.2 Å². The van der Waals surface area contributed by atoms with Gasteiger partial charge in [-0.05, 0) is 44.7 Å². The Bertz CT molecular complexity index is 181. The Morgan fingerprint density at radius 1 is 1.44 bits per heavy atom. The molecule has 0 bridgehead atoms. The van der Waals surface area contributed by atoms with Crippen molar-refractivity contribution >= 4 is 0 Å². The molecule has 2 N–H and O–H groups in total. The van der Waals surface area contributed by atoms with E-state index < -0.39 is 0 Å². The monoisotopic (exact) mass is 228 g/mol. The van der Waals surface area contributed by atoms with Crippen molar-refractivity contribution in [2.24, 2.45) is 17.6 Å². The summed E-state index contributed by atoms with van der Waals surface area (Å²) in [6, 6.07) is 0. The molecule has 2 atom stereocenters. The second kappa shape index (κ2) is 7.25. The fourth-order valence-electron chi connectivity index (χ4n) is 2.46. The van der Waals surface area contributed by atoms with Crippen molar-refractivity contribution in [1.29, 1.82) is 0 Å². The molecule has 0 aromatic heterocycles. The lowest BCUT2D eigenvalue weighted by Crippen LogP contribution is -2.42. The zero-order valence-electron chi connectivity index (χ0n) is 11.1. The van der Waals surface area contributed by atoms with Gasteiger partial charge in [0.25, 0.3) is 0 Å². The van der Waals surface area contributed by atoms with Gasteiger partial charge in [-0.1, -0.05) is 13.8 Å². The number of nitrogens with zero attached hydrogens (tertiary/aromatic N) is 1. The molecule has 0 amide bonds. The van der Waals surface area contributed by atoms with Crippen LogP contribution in [0.5, 0.6) is 0 Å². The van der Waals surface area contributed by atoms with Crippen molar-refractivity contribution in [3.63, 3.8) is 0 Å². The molecular formula is C13H28N2O. The van der Waals surface area contributed by atoms with Crippen molar-refractivity contribution in [1.82, 2.24) is 4.90 Å². The molecule has 2 unspecified atom stereocenters. The highest BCUT2D eigenvalue weighted by atomic mass is 16.5. The van der Waals surface area contributed by atoms with Gasteiger partial charge in [0, 0.05) is 13.1 Å². The average Bonchev–Trinajstić information content (AvgIpc) is 2.24. The van der Waals surface area contributed by atoms with Crippen LogP contribution in [0.1, 0.15) is 33.6 Å². The van der Waals surface area contributed by atoms with Gasteiger partial charge in [0.2, 0.25) is 0 Å². The lowest BCUT2D eigenvalue weighted by Gasteiger charge is -2.32. The summed E-state index contributed by atoms with van der Waals surface area (Å²) in [6.45, 7) is 11.8. The van der Waals surface area contributed by atoms with Crippen molar-refractivity contribution < 1.29 is 4.74 Å². The first-order chi connectivity index (χ1) is 7.61. The minimum absolute atomic E-state index is 0.398. The van der Waals surface area contributed by atoms with E-state index in [4.69, 9.17) is 10.5 Å². The van der Waals surface area contributed by atoms with Crippen LogP contribution in [-0.2, 0) is 4.74 Å². The molecule has 0 saturated carbocycles. The lowest BCUT2D eigenvalue weighted by atomic mass is 9.94. The molecule has 1 aliphatic rings. The van der Waals surface area contributed by atoms with E-state index in [9.17, 15) is 0 Å². The van der Waals surface area contributed by atoms with Gasteiger partial charge in [-0.3, -0.25) is 4.90 Å². The molecule has 1 rings (SSSR count). The van der Waals surface area contributed by atoms with Crippen LogP contribution in [0.25, 0.3) is 0 Å². The van der Waals surface area contributed by atoms with E-state index in [1.165, 1.54) is 19.4 Å². The molecular weight excluding hydrogens is 200 g/mol. The third-order valence-corrected chi connectivity index (χ3v) is 3.32. The van der Waals surface area contributed by atoms with E-state index in [1.807, 2.05) is 0 Å². The third kappa shape index (κ3) is 5.28. The van der Waals surface area contributed by atoms with Gasteiger partial charge in [-0.15, -0.1) is 0 Å². The summed E-state index contributed by atoms with van der Waals surface area (Å²) in [5.74, 6) is 1.45. The number of nitrogens with two attached hydrogens (primary N) is 1. The van der Waals surface area contributed by atoms with Crippen LogP contribution in [0, 0.1) is 11.8 Å².